The van der Waals surface area contributed by atoms with Crippen LogP contribution < -0.4 is 10.5 Å². The van der Waals surface area contributed by atoms with E-state index in [0.29, 0.717) is 17.7 Å². The predicted molar refractivity (Wildman–Crippen MR) is 77.9 cm³/mol. The van der Waals surface area contributed by atoms with E-state index in [4.69, 9.17) is 10.5 Å². The van der Waals surface area contributed by atoms with Crippen molar-refractivity contribution in [3.8, 4) is 0 Å². The lowest BCUT2D eigenvalue weighted by Crippen LogP contribution is -2.29. The molecule has 20 heavy (non-hydrogen) atoms. The van der Waals surface area contributed by atoms with Gasteiger partial charge in [0.15, 0.2) is 0 Å². The molecule has 1 aromatic carbocycles. The van der Waals surface area contributed by atoms with Gasteiger partial charge >= 0.3 is 0 Å². The third kappa shape index (κ3) is 4.75. The Morgan fingerprint density at radius 3 is 2.75 bits per heavy atom. The van der Waals surface area contributed by atoms with Crippen LogP contribution in [0.25, 0.3) is 0 Å². The van der Waals surface area contributed by atoms with E-state index in [1.54, 1.807) is 12.1 Å². The summed E-state index contributed by atoms with van der Waals surface area (Å²) >= 11 is 0. The number of nitrogens with two attached hydrogens (primary N) is 1. The van der Waals surface area contributed by atoms with Crippen molar-refractivity contribution in [1.82, 2.24) is 4.72 Å². The third-order valence-electron chi connectivity index (χ3n) is 2.89. The van der Waals surface area contributed by atoms with E-state index in [-0.39, 0.29) is 24.5 Å². The first kappa shape index (κ1) is 16.9. The summed E-state index contributed by atoms with van der Waals surface area (Å²) in [6.07, 6.45) is 0.203. The highest BCUT2D eigenvalue weighted by molar-refractivity contribution is 7.89. The van der Waals surface area contributed by atoms with Gasteiger partial charge in [-0.2, -0.15) is 0 Å². The molecule has 0 bridgehead atoms. The third-order valence-corrected chi connectivity index (χ3v) is 4.43. The van der Waals surface area contributed by atoms with Gasteiger partial charge in [0, 0.05) is 19.3 Å². The van der Waals surface area contributed by atoms with E-state index < -0.39 is 16.1 Å². The van der Waals surface area contributed by atoms with Gasteiger partial charge in [0.1, 0.15) is 0 Å². The highest BCUT2D eigenvalue weighted by atomic mass is 32.2. The van der Waals surface area contributed by atoms with Crippen LogP contribution in [0.2, 0.25) is 0 Å². The zero-order valence-corrected chi connectivity index (χ0v) is 12.6. The smallest absolute Gasteiger partial charge is 0.240 e. The number of rotatable bonds is 8. The van der Waals surface area contributed by atoms with Gasteiger partial charge in [-0.25, -0.2) is 13.1 Å². The van der Waals surface area contributed by atoms with Gasteiger partial charge in [0.2, 0.25) is 10.0 Å². The number of ether oxygens (including phenoxy) is 1. The molecule has 7 heteroatoms. The Labute approximate surface area is 120 Å². The molecule has 0 aliphatic heterocycles. The lowest BCUT2D eigenvalue weighted by molar-refractivity contribution is 0.0603. The molecule has 0 radical (unpaired) electrons. The molecule has 0 aromatic heterocycles. The largest absolute Gasteiger partial charge is 0.399 e. The number of benzene rings is 1. The molecular formula is C13H22N2O4S. The van der Waals surface area contributed by atoms with Gasteiger partial charge in [-0.15, -0.1) is 0 Å². The molecule has 4 N–H and O–H groups in total. The van der Waals surface area contributed by atoms with Crippen molar-refractivity contribution < 1.29 is 18.3 Å². The van der Waals surface area contributed by atoms with E-state index in [2.05, 4.69) is 4.72 Å². The number of aliphatic hydroxyl groups is 1. The van der Waals surface area contributed by atoms with Crippen molar-refractivity contribution in [2.45, 2.75) is 30.8 Å². The summed E-state index contributed by atoms with van der Waals surface area (Å²) in [5.74, 6) is 0. The molecule has 114 valence electrons. The van der Waals surface area contributed by atoms with Crippen LogP contribution in [0.3, 0.4) is 0 Å². The number of hydrogen-bond donors (Lipinski definition) is 3. The summed E-state index contributed by atoms with van der Waals surface area (Å²) in [5.41, 5.74) is 6.76. The number of aliphatic hydroxyl groups excluding tert-OH is 1. The first-order chi connectivity index (χ1) is 9.40. The number of hydrogen-bond acceptors (Lipinski definition) is 5. The Bertz CT molecular complexity index is 531. The average molecular weight is 302 g/mol. The summed E-state index contributed by atoms with van der Waals surface area (Å²) in [7, 11) is -2.14. The summed E-state index contributed by atoms with van der Waals surface area (Å²) in [6.45, 7) is 2.21. The Kier molecular flexibility index (Phi) is 6.41. The molecule has 1 rings (SSSR count). The van der Waals surface area contributed by atoms with Gasteiger partial charge < -0.3 is 15.6 Å². The molecule has 0 amide bonds. The molecule has 1 aromatic rings. The van der Waals surface area contributed by atoms with E-state index >= 15 is 0 Å². The summed E-state index contributed by atoms with van der Waals surface area (Å²) < 4.78 is 31.7. The molecule has 0 aliphatic rings. The normalized spacial score (nSPS) is 13.3. The molecule has 6 nitrogen and oxygen atoms in total. The fourth-order valence-corrected chi connectivity index (χ4v) is 3.22. The quantitative estimate of drug-likeness (QED) is 0.607. The van der Waals surface area contributed by atoms with Crippen LogP contribution >= 0.6 is 0 Å². The summed E-state index contributed by atoms with van der Waals surface area (Å²) in [4.78, 5) is 0.196. The number of sulfonamides is 1. The number of nitrogens with one attached hydrogen (secondary N) is 1. The highest BCUT2D eigenvalue weighted by Crippen LogP contribution is 2.19. The van der Waals surface area contributed by atoms with E-state index in [0.717, 1.165) is 0 Å². The summed E-state index contributed by atoms with van der Waals surface area (Å²) in [6, 6.07) is 4.84. The molecule has 0 saturated heterocycles. The van der Waals surface area contributed by atoms with Crippen LogP contribution in [-0.2, 0) is 21.2 Å². The Hall–Kier alpha value is -1.15. The van der Waals surface area contributed by atoms with Crippen LogP contribution in [0.4, 0.5) is 5.69 Å². The maximum atomic E-state index is 12.2. The molecule has 1 atom stereocenters. The number of methoxy groups -OCH3 is 1. The zero-order chi connectivity index (χ0) is 15.2. The van der Waals surface area contributed by atoms with Crippen LogP contribution in [0.5, 0.6) is 0 Å². The Morgan fingerprint density at radius 1 is 1.45 bits per heavy atom. The van der Waals surface area contributed by atoms with E-state index in [1.165, 1.54) is 13.2 Å². The monoisotopic (exact) mass is 302 g/mol. The first-order valence-corrected chi connectivity index (χ1v) is 7.94. The van der Waals surface area contributed by atoms with Crippen molar-refractivity contribution in [3.05, 3.63) is 23.8 Å². The van der Waals surface area contributed by atoms with E-state index in [9.17, 15) is 13.5 Å². The molecule has 0 heterocycles. The maximum Gasteiger partial charge on any atom is 0.240 e. The first-order valence-electron chi connectivity index (χ1n) is 6.45. The topological polar surface area (TPSA) is 102 Å². The van der Waals surface area contributed by atoms with Crippen LogP contribution in [0, 0.1) is 0 Å². The molecule has 0 saturated carbocycles. The van der Waals surface area contributed by atoms with Crippen LogP contribution in [-0.4, -0.2) is 39.9 Å². The minimum atomic E-state index is -3.62. The molecule has 1 unspecified atom stereocenters. The summed E-state index contributed by atoms with van der Waals surface area (Å²) in [5, 5.41) is 9.48. The van der Waals surface area contributed by atoms with Gasteiger partial charge in [-0.05, 0) is 30.5 Å². The second-order valence-corrected chi connectivity index (χ2v) is 6.25. The number of anilines is 1. The maximum absolute atomic E-state index is 12.2. The van der Waals surface area contributed by atoms with E-state index in [1.807, 2.05) is 6.92 Å². The standard InChI is InChI=1S/C13H22N2O4S/c1-3-10-4-5-11(14)8-13(10)20(17,18)15-7-6-12(16)9-19-2/h4-5,8,12,15-16H,3,6-7,9,14H2,1-2H3. The van der Waals surface area contributed by atoms with Crippen molar-refractivity contribution in [2.75, 3.05) is 26.0 Å². The molecule has 0 spiro atoms. The second kappa shape index (κ2) is 7.58. The predicted octanol–water partition coefficient (Wildman–Crippen LogP) is 0.507. The lowest BCUT2D eigenvalue weighted by Gasteiger charge is -2.13. The molecular weight excluding hydrogens is 280 g/mol. The van der Waals surface area contributed by atoms with Gasteiger partial charge in [0.05, 0.1) is 17.6 Å². The number of nitrogen functional groups attached to an aromatic ring is 1. The second-order valence-electron chi connectivity index (χ2n) is 4.52. The Balaban J connectivity index is 2.76. The average Bonchev–Trinajstić information content (AvgIpc) is 2.38. The fourth-order valence-electron chi connectivity index (χ4n) is 1.83. The molecule has 0 fully saturated rings. The molecule has 0 aliphatic carbocycles. The van der Waals surface area contributed by atoms with Crippen molar-refractivity contribution in [3.63, 3.8) is 0 Å². The lowest BCUT2D eigenvalue weighted by atomic mass is 10.1. The van der Waals surface area contributed by atoms with Gasteiger partial charge in [-0.1, -0.05) is 13.0 Å². The Morgan fingerprint density at radius 2 is 2.15 bits per heavy atom. The number of aryl methyl sites for hydroxylation is 1. The minimum Gasteiger partial charge on any atom is -0.399 e. The van der Waals surface area contributed by atoms with Crippen molar-refractivity contribution in [2.24, 2.45) is 0 Å². The van der Waals surface area contributed by atoms with Gasteiger partial charge in [-0.3, -0.25) is 0 Å². The van der Waals surface area contributed by atoms with Crippen molar-refractivity contribution >= 4 is 15.7 Å². The SMILES string of the molecule is CCc1ccc(N)cc1S(=O)(=O)NCCC(O)COC. The fraction of sp³-hybridized carbons (Fsp3) is 0.538. The van der Waals surface area contributed by atoms with Crippen LogP contribution in [0.1, 0.15) is 18.9 Å². The highest BCUT2D eigenvalue weighted by Gasteiger charge is 2.18. The minimum absolute atomic E-state index is 0.144. The van der Waals surface area contributed by atoms with Crippen molar-refractivity contribution in [1.29, 1.82) is 0 Å². The zero-order valence-electron chi connectivity index (χ0n) is 11.8. The van der Waals surface area contributed by atoms with Crippen LogP contribution in [0.15, 0.2) is 23.1 Å². The van der Waals surface area contributed by atoms with Gasteiger partial charge in [0.25, 0.3) is 0 Å².